The van der Waals surface area contributed by atoms with Crippen LogP contribution in [0.15, 0.2) is 18.2 Å². The van der Waals surface area contributed by atoms with Crippen molar-refractivity contribution in [3.63, 3.8) is 0 Å². The number of phenols is 1. The van der Waals surface area contributed by atoms with Crippen molar-refractivity contribution >= 4 is 0 Å². The standard InChI is InChI=1S/C15H23NO3/c1-2-19-14-5-6-15(18)13(8-14)10-16-7-3-4-12(9-16)11-17/h5-6,8,12,17-18H,2-4,7,9-11H2,1H3. The van der Waals surface area contributed by atoms with Crippen LogP contribution in [0.25, 0.3) is 0 Å². The molecule has 1 saturated heterocycles. The van der Waals surface area contributed by atoms with Gasteiger partial charge in [0.15, 0.2) is 0 Å². The lowest BCUT2D eigenvalue weighted by Crippen LogP contribution is -2.36. The molecule has 1 fully saturated rings. The molecule has 4 nitrogen and oxygen atoms in total. The van der Waals surface area contributed by atoms with E-state index in [1.807, 2.05) is 13.0 Å². The van der Waals surface area contributed by atoms with E-state index in [0.29, 0.717) is 24.8 Å². The number of benzene rings is 1. The van der Waals surface area contributed by atoms with Crippen molar-refractivity contribution < 1.29 is 14.9 Å². The van der Waals surface area contributed by atoms with Gasteiger partial charge in [0.2, 0.25) is 0 Å². The lowest BCUT2D eigenvalue weighted by molar-refractivity contribution is 0.115. The van der Waals surface area contributed by atoms with E-state index < -0.39 is 0 Å². The van der Waals surface area contributed by atoms with E-state index in [0.717, 1.165) is 37.2 Å². The molecule has 1 aromatic carbocycles. The van der Waals surface area contributed by atoms with Crippen molar-refractivity contribution in [3.8, 4) is 11.5 Å². The highest BCUT2D eigenvalue weighted by molar-refractivity contribution is 5.39. The Kier molecular flexibility index (Phi) is 5.05. The first-order valence-electron chi connectivity index (χ1n) is 7.00. The second-order valence-corrected chi connectivity index (χ2v) is 5.15. The van der Waals surface area contributed by atoms with E-state index in [-0.39, 0.29) is 6.61 Å². The number of hydrogen-bond donors (Lipinski definition) is 2. The minimum Gasteiger partial charge on any atom is -0.508 e. The first-order chi connectivity index (χ1) is 9.22. The summed E-state index contributed by atoms with van der Waals surface area (Å²) in [6.07, 6.45) is 2.20. The molecule has 2 N–H and O–H groups in total. The SMILES string of the molecule is CCOc1ccc(O)c(CN2CCCC(CO)C2)c1. The molecule has 0 aromatic heterocycles. The van der Waals surface area contributed by atoms with Crippen LogP contribution in [-0.4, -0.2) is 41.4 Å². The first kappa shape index (κ1) is 14.2. The predicted octanol–water partition coefficient (Wildman–Crippen LogP) is 2.00. The van der Waals surface area contributed by atoms with Crippen LogP contribution in [0, 0.1) is 5.92 Å². The van der Waals surface area contributed by atoms with Crippen LogP contribution in [0.1, 0.15) is 25.3 Å². The van der Waals surface area contributed by atoms with Gasteiger partial charge in [-0.15, -0.1) is 0 Å². The number of rotatable bonds is 5. The number of hydrogen-bond acceptors (Lipinski definition) is 4. The smallest absolute Gasteiger partial charge is 0.120 e. The zero-order valence-corrected chi connectivity index (χ0v) is 11.5. The molecular formula is C15H23NO3. The average Bonchev–Trinajstić information content (AvgIpc) is 2.43. The third-order valence-corrected chi connectivity index (χ3v) is 3.62. The Balaban J connectivity index is 2.03. The number of likely N-dealkylation sites (tertiary alicyclic amines) is 1. The van der Waals surface area contributed by atoms with E-state index in [2.05, 4.69) is 4.90 Å². The highest BCUT2D eigenvalue weighted by Crippen LogP contribution is 2.26. The molecule has 106 valence electrons. The van der Waals surface area contributed by atoms with Crippen LogP contribution < -0.4 is 4.74 Å². The fraction of sp³-hybridized carbons (Fsp3) is 0.600. The number of nitrogens with zero attached hydrogens (tertiary/aromatic N) is 1. The van der Waals surface area contributed by atoms with Gasteiger partial charge in [-0.2, -0.15) is 0 Å². The Hall–Kier alpha value is -1.26. The van der Waals surface area contributed by atoms with E-state index in [4.69, 9.17) is 4.74 Å². The molecule has 0 aliphatic carbocycles. The van der Waals surface area contributed by atoms with Crippen LogP contribution in [0.4, 0.5) is 0 Å². The van der Waals surface area contributed by atoms with Gasteiger partial charge >= 0.3 is 0 Å². The maximum absolute atomic E-state index is 9.93. The molecule has 19 heavy (non-hydrogen) atoms. The number of phenolic OH excluding ortho intramolecular Hbond substituents is 1. The van der Waals surface area contributed by atoms with Crippen molar-refractivity contribution in [3.05, 3.63) is 23.8 Å². The molecule has 2 rings (SSSR count). The van der Waals surface area contributed by atoms with Gasteiger partial charge in [-0.25, -0.2) is 0 Å². The van der Waals surface area contributed by atoms with Gasteiger partial charge in [0.05, 0.1) is 6.61 Å². The molecule has 1 aliphatic heterocycles. The molecule has 0 amide bonds. The molecule has 1 aliphatic rings. The van der Waals surface area contributed by atoms with E-state index in [9.17, 15) is 10.2 Å². The second-order valence-electron chi connectivity index (χ2n) is 5.15. The summed E-state index contributed by atoms with van der Waals surface area (Å²) in [5.41, 5.74) is 0.893. The molecule has 1 atom stereocenters. The van der Waals surface area contributed by atoms with Crippen LogP contribution >= 0.6 is 0 Å². The van der Waals surface area contributed by atoms with Crippen molar-refractivity contribution in [2.45, 2.75) is 26.3 Å². The summed E-state index contributed by atoms with van der Waals surface area (Å²) in [6.45, 7) is 5.46. The molecule has 1 heterocycles. The van der Waals surface area contributed by atoms with E-state index in [1.54, 1.807) is 12.1 Å². The molecule has 1 unspecified atom stereocenters. The minimum absolute atomic E-state index is 0.251. The van der Waals surface area contributed by atoms with Gasteiger partial charge in [-0.1, -0.05) is 0 Å². The molecular weight excluding hydrogens is 242 g/mol. The summed E-state index contributed by atoms with van der Waals surface area (Å²) >= 11 is 0. The number of aliphatic hydroxyl groups excluding tert-OH is 1. The lowest BCUT2D eigenvalue weighted by atomic mass is 9.98. The number of aliphatic hydroxyl groups is 1. The second kappa shape index (κ2) is 6.78. The molecule has 0 spiro atoms. The van der Waals surface area contributed by atoms with Gasteiger partial charge in [0.1, 0.15) is 11.5 Å². The summed E-state index contributed by atoms with van der Waals surface area (Å²) in [5, 5.41) is 19.2. The molecule has 1 aromatic rings. The van der Waals surface area contributed by atoms with Crippen molar-refractivity contribution in [2.24, 2.45) is 5.92 Å². The Bertz CT molecular complexity index is 408. The minimum atomic E-state index is 0.251. The zero-order valence-electron chi connectivity index (χ0n) is 11.5. The van der Waals surface area contributed by atoms with Crippen LogP contribution in [-0.2, 0) is 6.54 Å². The van der Waals surface area contributed by atoms with Gasteiger partial charge in [0, 0.05) is 25.3 Å². The Labute approximate surface area is 114 Å². The van der Waals surface area contributed by atoms with Gasteiger partial charge in [0.25, 0.3) is 0 Å². The van der Waals surface area contributed by atoms with Crippen molar-refractivity contribution in [1.82, 2.24) is 4.90 Å². The molecule has 0 bridgehead atoms. The topological polar surface area (TPSA) is 52.9 Å². The van der Waals surface area contributed by atoms with Gasteiger partial charge in [-0.3, -0.25) is 4.90 Å². The van der Waals surface area contributed by atoms with Gasteiger partial charge in [-0.05, 0) is 50.4 Å². The monoisotopic (exact) mass is 265 g/mol. The fourth-order valence-corrected chi connectivity index (χ4v) is 2.63. The third-order valence-electron chi connectivity index (χ3n) is 3.62. The maximum atomic E-state index is 9.93. The predicted molar refractivity (Wildman–Crippen MR) is 74.4 cm³/mol. The number of aromatic hydroxyl groups is 1. The summed E-state index contributed by atoms with van der Waals surface area (Å²) in [7, 11) is 0. The van der Waals surface area contributed by atoms with Crippen molar-refractivity contribution in [1.29, 1.82) is 0 Å². The van der Waals surface area contributed by atoms with Crippen LogP contribution in [0.2, 0.25) is 0 Å². The zero-order chi connectivity index (χ0) is 13.7. The van der Waals surface area contributed by atoms with Gasteiger partial charge < -0.3 is 14.9 Å². The van der Waals surface area contributed by atoms with Crippen LogP contribution in [0.3, 0.4) is 0 Å². The Morgan fingerprint density at radius 2 is 2.26 bits per heavy atom. The number of ether oxygens (including phenoxy) is 1. The molecule has 0 radical (unpaired) electrons. The Morgan fingerprint density at radius 3 is 3.00 bits per heavy atom. The Morgan fingerprint density at radius 1 is 1.42 bits per heavy atom. The molecule has 0 saturated carbocycles. The fourth-order valence-electron chi connectivity index (χ4n) is 2.63. The van der Waals surface area contributed by atoms with Crippen LogP contribution in [0.5, 0.6) is 11.5 Å². The highest BCUT2D eigenvalue weighted by Gasteiger charge is 2.20. The number of piperidine rings is 1. The third kappa shape index (κ3) is 3.85. The average molecular weight is 265 g/mol. The maximum Gasteiger partial charge on any atom is 0.120 e. The first-order valence-corrected chi connectivity index (χ1v) is 7.00. The van der Waals surface area contributed by atoms with E-state index in [1.165, 1.54) is 0 Å². The summed E-state index contributed by atoms with van der Waals surface area (Å²) in [5.74, 6) is 1.48. The quantitative estimate of drug-likeness (QED) is 0.855. The summed E-state index contributed by atoms with van der Waals surface area (Å²) in [4.78, 5) is 2.29. The normalized spacial score (nSPS) is 20.4. The lowest BCUT2D eigenvalue weighted by Gasteiger charge is -2.31. The van der Waals surface area contributed by atoms with E-state index >= 15 is 0 Å². The summed E-state index contributed by atoms with van der Waals surface area (Å²) in [6, 6.07) is 5.38. The molecule has 4 heteroatoms. The highest BCUT2D eigenvalue weighted by atomic mass is 16.5. The largest absolute Gasteiger partial charge is 0.508 e. The van der Waals surface area contributed by atoms with Crippen molar-refractivity contribution in [2.75, 3.05) is 26.3 Å². The summed E-state index contributed by atoms with van der Waals surface area (Å²) < 4.78 is 5.46.